The van der Waals surface area contributed by atoms with E-state index in [1.807, 2.05) is 72.5 Å². The number of hydrogen-bond acceptors (Lipinski definition) is 7. The Balaban J connectivity index is 1.44. The van der Waals surface area contributed by atoms with E-state index in [1.54, 1.807) is 0 Å². The first kappa shape index (κ1) is 30.2. The van der Waals surface area contributed by atoms with Gasteiger partial charge in [-0.15, -0.1) is 0 Å². The average molecular weight is 565 g/mol. The molecule has 2 heterocycles. The summed E-state index contributed by atoms with van der Waals surface area (Å²) in [6, 6.07) is 16.5. The summed E-state index contributed by atoms with van der Waals surface area (Å²) in [5.41, 5.74) is 1.95. The Bertz CT molecular complexity index is 1170. The molecule has 41 heavy (non-hydrogen) atoms. The van der Waals surface area contributed by atoms with Crippen LogP contribution in [0.3, 0.4) is 0 Å². The number of morpholine rings is 1. The standard InChI is InChI=1S/C31H40N4O6/c1-22-19-26(30(38)35(22)27(31(39)40-2)20-24-11-7-4-8-12-24)33-29(37)25(14-13-23-9-5-3-6-10-23)32-28(36)21-34-15-17-41-18-16-34/h3-12,22,25-27H,13-21H2,1-2H3,(H,32,36)(H,33,37)/t22?,25-,26-,27-/m0/s1. The van der Waals surface area contributed by atoms with Gasteiger partial charge in [-0.05, 0) is 37.3 Å². The summed E-state index contributed by atoms with van der Waals surface area (Å²) in [5.74, 6) is -1.50. The van der Waals surface area contributed by atoms with Gasteiger partial charge in [-0.3, -0.25) is 19.3 Å². The SMILES string of the molecule is COC(=O)[C@H](Cc1ccccc1)N1C(=O)[C@@H](NC(=O)[C@H](CCc2ccccc2)NC(=O)CN2CCOCC2)CC1C. The Morgan fingerprint density at radius 2 is 1.63 bits per heavy atom. The molecule has 10 heteroatoms. The minimum absolute atomic E-state index is 0.173. The van der Waals surface area contributed by atoms with Crippen LogP contribution < -0.4 is 10.6 Å². The number of ether oxygens (including phenoxy) is 2. The Hall–Kier alpha value is -3.76. The topological polar surface area (TPSA) is 117 Å². The second-order valence-corrected chi connectivity index (χ2v) is 10.7. The van der Waals surface area contributed by atoms with Gasteiger partial charge in [-0.2, -0.15) is 0 Å². The number of hydrogen-bond donors (Lipinski definition) is 2. The highest BCUT2D eigenvalue weighted by Crippen LogP contribution is 2.25. The van der Waals surface area contributed by atoms with E-state index < -0.39 is 30.0 Å². The van der Waals surface area contributed by atoms with Crippen molar-refractivity contribution in [2.75, 3.05) is 40.0 Å². The molecule has 0 saturated carbocycles. The lowest BCUT2D eigenvalue weighted by Crippen LogP contribution is -2.54. The first-order valence-electron chi connectivity index (χ1n) is 14.2. The van der Waals surface area contributed by atoms with E-state index in [0.29, 0.717) is 52.0 Å². The van der Waals surface area contributed by atoms with Crippen molar-refractivity contribution in [2.45, 2.75) is 56.8 Å². The number of methoxy groups -OCH3 is 1. The van der Waals surface area contributed by atoms with Crippen molar-refractivity contribution in [3.05, 3.63) is 71.8 Å². The van der Waals surface area contributed by atoms with Crippen LogP contribution in [0.2, 0.25) is 0 Å². The number of amides is 3. The monoisotopic (exact) mass is 564 g/mol. The molecule has 220 valence electrons. The average Bonchev–Trinajstić information content (AvgIpc) is 3.26. The summed E-state index contributed by atoms with van der Waals surface area (Å²) in [5, 5.41) is 5.78. The van der Waals surface area contributed by atoms with Gasteiger partial charge in [0.2, 0.25) is 17.7 Å². The van der Waals surface area contributed by atoms with Crippen molar-refractivity contribution in [2.24, 2.45) is 0 Å². The third-order valence-corrected chi connectivity index (χ3v) is 7.69. The normalized spacial score (nSPS) is 20.7. The number of carbonyl (C=O) groups excluding carboxylic acids is 4. The molecule has 4 atom stereocenters. The van der Waals surface area contributed by atoms with Crippen LogP contribution in [-0.4, -0.2) is 97.6 Å². The van der Waals surface area contributed by atoms with E-state index >= 15 is 0 Å². The Kier molecular flexibility index (Phi) is 10.9. The molecule has 2 aromatic carbocycles. The quantitative estimate of drug-likeness (QED) is 0.374. The summed E-state index contributed by atoms with van der Waals surface area (Å²) < 4.78 is 10.4. The van der Waals surface area contributed by atoms with Crippen LogP contribution in [0, 0.1) is 0 Å². The Morgan fingerprint density at radius 3 is 2.27 bits per heavy atom. The van der Waals surface area contributed by atoms with Gasteiger partial charge in [0, 0.05) is 25.6 Å². The van der Waals surface area contributed by atoms with Gasteiger partial charge >= 0.3 is 5.97 Å². The van der Waals surface area contributed by atoms with E-state index in [1.165, 1.54) is 12.0 Å². The number of likely N-dealkylation sites (tertiary alicyclic amines) is 1. The molecule has 2 aliphatic heterocycles. The maximum atomic E-state index is 13.6. The number of nitrogens with zero attached hydrogens (tertiary/aromatic N) is 2. The van der Waals surface area contributed by atoms with Crippen LogP contribution in [0.15, 0.2) is 60.7 Å². The van der Waals surface area contributed by atoms with Crippen LogP contribution in [0.1, 0.15) is 30.9 Å². The van der Waals surface area contributed by atoms with Gasteiger partial charge in [0.25, 0.3) is 0 Å². The van der Waals surface area contributed by atoms with E-state index in [2.05, 4.69) is 10.6 Å². The highest BCUT2D eigenvalue weighted by molar-refractivity contribution is 5.95. The molecule has 0 spiro atoms. The molecule has 1 unspecified atom stereocenters. The van der Waals surface area contributed by atoms with Crippen LogP contribution in [0.4, 0.5) is 0 Å². The second kappa shape index (κ2) is 14.7. The molecule has 0 radical (unpaired) electrons. The number of aryl methyl sites for hydroxylation is 1. The molecule has 2 fully saturated rings. The van der Waals surface area contributed by atoms with E-state index in [0.717, 1.165) is 11.1 Å². The molecule has 4 rings (SSSR count). The molecule has 3 amide bonds. The fraction of sp³-hybridized carbons (Fsp3) is 0.484. The molecular weight excluding hydrogens is 524 g/mol. The lowest BCUT2D eigenvalue weighted by atomic mass is 10.0. The zero-order valence-corrected chi connectivity index (χ0v) is 23.8. The number of carbonyl (C=O) groups is 4. The first-order valence-corrected chi connectivity index (χ1v) is 14.2. The predicted molar refractivity (Wildman–Crippen MR) is 153 cm³/mol. The van der Waals surface area contributed by atoms with Crippen LogP contribution in [0.5, 0.6) is 0 Å². The Labute approximate surface area is 241 Å². The molecular formula is C31H40N4O6. The number of benzene rings is 2. The zero-order chi connectivity index (χ0) is 29.2. The van der Waals surface area contributed by atoms with Gasteiger partial charge in [0.15, 0.2) is 0 Å². The molecule has 0 aliphatic carbocycles. The third-order valence-electron chi connectivity index (χ3n) is 7.69. The van der Waals surface area contributed by atoms with Crippen molar-refractivity contribution in [3.8, 4) is 0 Å². The van der Waals surface area contributed by atoms with Crippen LogP contribution >= 0.6 is 0 Å². The number of nitrogens with one attached hydrogen (secondary N) is 2. The van der Waals surface area contributed by atoms with E-state index in [4.69, 9.17) is 9.47 Å². The molecule has 2 saturated heterocycles. The van der Waals surface area contributed by atoms with Crippen molar-refractivity contribution in [1.82, 2.24) is 20.4 Å². The molecule has 2 aliphatic rings. The number of rotatable bonds is 12. The van der Waals surface area contributed by atoms with Crippen molar-refractivity contribution >= 4 is 23.7 Å². The second-order valence-electron chi connectivity index (χ2n) is 10.7. The van der Waals surface area contributed by atoms with Crippen molar-refractivity contribution in [1.29, 1.82) is 0 Å². The smallest absolute Gasteiger partial charge is 0.328 e. The minimum atomic E-state index is -0.818. The summed E-state index contributed by atoms with van der Waals surface area (Å²) in [6.45, 7) is 4.49. The highest BCUT2D eigenvalue weighted by atomic mass is 16.5. The lowest BCUT2D eigenvalue weighted by molar-refractivity contribution is -0.152. The largest absolute Gasteiger partial charge is 0.467 e. The molecule has 2 aromatic rings. The summed E-state index contributed by atoms with van der Waals surface area (Å²) >= 11 is 0. The van der Waals surface area contributed by atoms with E-state index in [9.17, 15) is 19.2 Å². The Morgan fingerprint density at radius 1 is 1.00 bits per heavy atom. The van der Waals surface area contributed by atoms with Crippen molar-refractivity contribution < 1.29 is 28.7 Å². The molecule has 2 N–H and O–H groups in total. The highest BCUT2D eigenvalue weighted by Gasteiger charge is 2.45. The fourth-order valence-electron chi connectivity index (χ4n) is 5.50. The van der Waals surface area contributed by atoms with Gasteiger partial charge in [-0.25, -0.2) is 4.79 Å². The molecule has 10 nitrogen and oxygen atoms in total. The minimum Gasteiger partial charge on any atom is -0.467 e. The molecule has 0 bridgehead atoms. The van der Waals surface area contributed by atoms with Gasteiger partial charge < -0.3 is 25.0 Å². The van der Waals surface area contributed by atoms with Crippen molar-refractivity contribution in [3.63, 3.8) is 0 Å². The van der Waals surface area contributed by atoms with Gasteiger partial charge in [0.05, 0.1) is 26.9 Å². The van der Waals surface area contributed by atoms with Crippen LogP contribution in [0.25, 0.3) is 0 Å². The zero-order valence-electron chi connectivity index (χ0n) is 23.8. The van der Waals surface area contributed by atoms with E-state index in [-0.39, 0.29) is 24.4 Å². The fourth-order valence-corrected chi connectivity index (χ4v) is 5.50. The number of esters is 1. The van der Waals surface area contributed by atoms with Crippen LogP contribution in [-0.2, 0) is 41.5 Å². The van der Waals surface area contributed by atoms with Gasteiger partial charge in [0.1, 0.15) is 18.1 Å². The summed E-state index contributed by atoms with van der Waals surface area (Å²) in [7, 11) is 1.31. The molecule has 0 aromatic heterocycles. The predicted octanol–water partition coefficient (Wildman–Crippen LogP) is 1.33. The third kappa shape index (κ3) is 8.37. The summed E-state index contributed by atoms with van der Waals surface area (Å²) in [4.78, 5) is 56.3. The maximum Gasteiger partial charge on any atom is 0.328 e. The lowest BCUT2D eigenvalue weighted by Gasteiger charge is -2.30. The van der Waals surface area contributed by atoms with Gasteiger partial charge in [-0.1, -0.05) is 60.7 Å². The maximum absolute atomic E-state index is 13.6. The summed E-state index contributed by atoms with van der Waals surface area (Å²) in [6.07, 6.45) is 1.62. The first-order chi connectivity index (χ1) is 19.9.